The second-order valence-electron chi connectivity index (χ2n) is 4.44. The van der Waals surface area contributed by atoms with Crippen molar-refractivity contribution in [1.29, 1.82) is 0 Å². The first-order valence-corrected chi connectivity index (χ1v) is 6.20. The number of benzene rings is 2. The van der Waals surface area contributed by atoms with Crippen LogP contribution in [0.1, 0.15) is 5.56 Å². The molecule has 2 N–H and O–H groups in total. The SMILES string of the molecule is NCc1ccc2c(ccc(=O)n2-c2ccccc2)c1. The molecule has 3 nitrogen and oxygen atoms in total. The molecule has 0 amide bonds. The maximum absolute atomic E-state index is 12.1. The van der Waals surface area contributed by atoms with Crippen LogP contribution in [-0.2, 0) is 6.54 Å². The minimum absolute atomic E-state index is 0.0285. The molecule has 0 unspecified atom stereocenters. The Morgan fingerprint density at radius 1 is 0.947 bits per heavy atom. The van der Waals surface area contributed by atoms with E-state index in [-0.39, 0.29) is 5.56 Å². The van der Waals surface area contributed by atoms with Gasteiger partial charge in [-0.3, -0.25) is 9.36 Å². The van der Waals surface area contributed by atoms with E-state index in [1.165, 1.54) is 0 Å². The van der Waals surface area contributed by atoms with E-state index in [1.54, 1.807) is 10.6 Å². The fourth-order valence-corrected chi connectivity index (χ4v) is 2.27. The van der Waals surface area contributed by atoms with Crippen LogP contribution in [0.4, 0.5) is 0 Å². The summed E-state index contributed by atoms with van der Waals surface area (Å²) < 4.78 is 1.72. The standard InChI is InChI=1S/C16H14N2O/c17-11-12-6-8-15-13(10-12)7-9-16(19)18(15)14-4-2-1-3-5-14/h1-10H,11,17H2. The molecule has 0 fully saturated rings. The molecule has 3 rings (SSSR count). The molecule has 0 aliphatic carbocycles. The first-order chi connectivity index (χ1) is 9.29. The predicted octanol–water partition coefficient (Wildman–Crippen LogP) is 2.45. The summed E-state index contributed by atoms with van der Waals surface area (Å²) in [7, 11) is 0. The number of rotatable bonds is 2. The molecule has 0 aliphatic heterocycles. The summed E-state index contributed by atoms with van der Waals surface area (Å²) >= 11 is 0. The molecule has 0 bridgehead atoms. The average Bonchev–Trinajstić information content (AvgIpc) is 2.47. The predicted molar refractivity (Wildman–Crippen MR) is 77.4 cm³/mol. The zero-order valence-electron chi connectivity index (χ0n) is 10.4. The van der Waals surface area contributed by atoms with Crippen LogP contribution >= 0.6 is 0 Å². The van der Waals surface area contributed by atoms with Crippen LogP contribution in [0.15, 0.2) is 65.5 Å². The fourth-order valence-electron chi connectivity index (χ4n) is 2.27. The van der Waals surface area contributed by atoms with E-state index < -0.39 is 0 Å². The van der Waals surface area contributed by atoms with Crippen molar-refractivity contribution in [3.8, 4) is 5.69 Å². The first kappa shape index (κ1) is 11.7. The lowest BCUT2D eigenvalue weighted by Gasteiger charge is -2.10. The number of aromatic nitrogens is 1. The van der Waals surface area contributed by atoms with Crippen LogP contribution < -0.4 is 11.3 Å². The second-order valence-corrected chi connectivity index (χ2v) is 4.44. The highest BCUT2D eigenvalue weighted by Gasteiger charge is 2.05. The molecule has 0 saturated heterocycles. The Labute approximate surface area is 110 Å². The Morgan fingerprint density at radius 2 is 1.74 bits per heavy atom. The smallest absolute Gasteiger partial charge is 0.255 e. The van der Waals surface area contributed by atoms with Gasteiger partial charge in [0.05, 0.1) is 5.52 Å². The van der Waals surface area contributed by atoms with Crippen molar-refractivity contribution in [3.63, 3.8) is 0 Å². The lowest BCUT2D eigenvalue weighted by molar-refractivity contribution is 1.03. The van der Waals surface area contributed by atoms with Gasteiger partial charge in [0.25, 0.3) is 5.56 Å². The number of hydrogen-bond acceptors (Lipinski definition) is 2. The molecule has 0 spiro atoms. The molecule has 19 heavy (non-hydrogen) atoms. The molecule has 3 aromatic rings. The van der Waals surface area contributed by atoms with Gasteiger partial charge in [0.1, 0.15) is 0 Å². The van der Waals surface area contributed by atoms with Gasteiger partial charge in [0.15, 0.2) is 0 Å². The maximum Gasteiger partial charge on any atom is 0.255 e. The lowest BCUT2D eigenvalue weighted by Crippen LogP contribution is -2.17. The molecule has 3 heteroatoms. The molecule has 0 atom stereocenters. The van der Waals surface area contributed by atoms with Gasteiger partial charge in [-0.15, -0.1) is 0 Å². The van der Waals surface area contributed by atoms with E-state index in [4.69, 9.17) is 5.73 Å². The number of para-hydroxylation sites is 1. The minimum Gasteiger partial charge on any atom is -0.326 e. The summed E-state index contributed by atoms with van der Waals surface area (Å²) in [5.74, 6) is 0. The molecule has 2 aromatic carbocycles. The lowest BCUT2D eigenvalue weighted by atomic mass is 10.1. The number of hydrogen-bond donors (Lipinski definition) is 1. The van der Waals surface area contributed by atoms with Crippen LogP contribution in [0.25, 0.3) is 16.6 Å². The van der Waals surface area contributed by atoms with Gasteiger partial charge in [-0.2, -0.15) is 0 Å². The van der Waals surface area contributed by atoms with Crippen LogP contribution in [0.2, 0.25) is 0 Å². The number of nitrogens with two attached hydrogens (primary N) is 1. The minimum atomic E-state index is -0.0285. The van der Waals surface area contributed by atoms with Crippen molar-refractivity contribution >= 4 is 10.9 Å². The third-order valence-electron chi connectivity index (χ3n) is 3.21. The zero-order valence-corrected chi connectivity index (χ0v) is 10.4. The number of pyridine rings is 1. The van der Waals surface area contributed by atoms with Gasteiger partial charge >= 0.3 is 0 Å². The Morgan fingerprint density at radius 3 is 2.47 bits per heavy atom. The topological polar surface area (TPSA) is 48.0 Å². The van der Waals surface area contributed by atoms with Gasteiger partial charge in [-0.1, -0.05) is 24.3 Å². The van der Waals surface area contributed by atoms with E-state index in [0.717, 1.165) is 22.2 Å². The van der Waals surface area contributed by atoms with Crippen LogP contribution in [0, 0.1) is 0 Å². The van der Waals surface area contributed by atoms with Crippen molar-refractivity contribution < 1.29 is 0 Å². The molecule has 0 saturated carbocycles. The number of fused-ring (bicyclic) bond motifs is 1. The van der Waals surface area contributed by atoms with Crippen LogP contribution in [-0.4, -0.2) is 4.57 Å². The maximum atomic E-state index is 12.1. The summed E-state index contributed by atoms with van der Waals surface area (Å²) in [4.78, 5) is 12.1. The van der Waals surface area contributed by atoms with E-state index in [0.29, 0.717) is 6.54 Å². The average molecular weight is 250 g/mol. The van der Waals surface area contributed by atoms with Crippen molar-refractivity contribution in [2.75, 3.05) is 0 Å². The van der Waals surface area contributed by atoms with Crippen LogP contribution in [0.3, 0.4) is 0 Å². The second kappa shape index (κ2) is 4.71. The van der Waals surface area contributed by atoms with Crippen molar-refractivity contribution in [3.05, 3.63) is 76.6 Å². The molecule has 1 aromatic heterocycles. The molecule has 1 heterocycles. The molecular weight excluding hydrogens is 236 g/mol. The highest BCUT2D eigenvalue weighted by Crippen LogP contribution is 2.17. The summed E-state index contributed by atoms with van der Waals surface area (Å²) in [6.07, 6.45) is 0. The Bertz CT molecular complexity index is 776. The van der Waals surface area contributed by atoms with Crippen molar-refractivity contribution in [2.45, 2.75) is 6.54 Å². The summed E-state index contributed by atoms with van der Waals surface area (Å²) in [6, 6.07) is 19.0. The summed E-state index contributed by atoms with van der Waals surface area (Å²) in [6.45, 7) is 0.500. The van der Waals surface area contributed by atoms with Crippen molar-refractivity contribution in [1.82, 2.24) is 4.57 Å². The van der Waals surface area contributed by atoms with Gasteiger partial charge in [-0.05, 0) is 41.3 Å². The van der Waals surface area contributed by atoms with E-state index in [9.17, 15) is 4.79 Å². The third kappa shape index (κ3) is 2.04. The normalized spacial score (nSPS) is 10.8. The Hall–Kier alpha value is -2.39. The van der Waals surface area contributed by atoms with Crippen LogP contribution in [0.5, 0.6) is 0 Å². The Balaban J connectivity index is 2.35. The molecule has 0 aliphatic rings. The highest BCUT2D eigenvalue weighted by molar-refractivity contribution is 5.81. The molecule has 94 valence electrons. The summed E-state index contributed by atoms with van der Waals surface area (Å²) in [5, 5.41) is 1.02. The van der Waals surface area contributed by atoms with E-state index in [2.05, 4.69) is 0 Å². The quantitative estimate of drug-likeness (QED) is 0.759. The third-order valence-corrected chi connectivity index (χ3v) is 3.21. The van der Waals surface area contributed by atoms with Gasteiger partial charge in [0.2, 0.25) is 0 Å². The molecular formula is C16H14N2O. The monoisotopic (exact) mass is 250 g/mol. The highest BCUT2D eigenvalue weighted by atomic mass is 16.1. The Kier molecular flexibility index (Phi) is 2.89. The van der Waals surface area contributed by atoms with Gasteiger partial charge in [0, 0.05) is 18.3 Å². The van der Waals surface area contributed by atoms with E-state index >= 15 is 0 Å². The number of nitrogens with zero attached hydrogens (tertiary/aromatic N) is 1. The van der Waals surface area contributed by atoms with E-state index in [1.807, 2.05) is 54.6 Å². The van der Waals surface area contributed by atoms with Crippen molar-refractivity contribution in [2.24, 2.45) is 5.73 Å². The largest absolute Gasteiger partial charge is 0.326 e. The summed E-state index contributed by atoms with van der Waals surface area (Å²) in [5.41, 5.74) is 8.46. The van der Waals surface area contributed by atoms with Gasteiger partial charge < -0.3 is 5.73 Å². The first-order valence-electron chi connectivity index (χ1n) is 6.20. The zero-order chi connectivity index (χ0) is 13.2. The van der Waals surface area contributed by atoms with Gasteiger partial charge in [-0.25, -0.2) is 0 Å². The fraction of sp³-hybridized carbons (Fsp3) is 0.0625. The molecule has 0 radical (unpaired) electrons.